The fourth-order valence-corrected chi connectivity index (χ4v) is 2.17. The van der Waals surface area contributed by atoms with Gasteiger partial charge in [0.1, 0.15) is 10.1 Å². The molecule has 0 unspecified atom stereocenters. The third-order valence-electron chi connectivity index (χ3n) is 1.68. The Hall–Kier alpha value is -1.18. The van der Waals surface area contributed by atoms with E-state index in [4.69, 9.17) is 5.84 Å². The Labute approximate surface area is 105 Å². The van der Waals surface area contributed by atoms with Gasteiger partial charge in [-0.2, -0.15) is 0 Å². The fourth-order valence-electron chi connectivity index (χ4n) is 0.999. The van der Waals surface area contributed by atoms with Crippen LogP contribution in [0.2, 0.25) is 0 Å². The molecule has 0 radical (unpaired) electrons. The van der Waals surface area contributed by atoms with Crippen molar-refractivity contribution in [1.82, 2.24) is 15.0 Å². The smallest absolute Gasteiger partial charge is 0.238 e. The van der Waals surface area contributed by atoms with Gasteiger partial charge in [0.2, 0.25) is 5.95 Å². The van der Waals surface area contributed by atoms with Crippen molar-refractivity contribution in [2.75, 3.05) is 5.43 Å². The quantitative estimate of drug-likeness (QED) is 0.513. The third-order valence-corrected chi connectivity index (χ3v) is 3.48. The Morgan fingerprint density at radius 1 is 1.31 bits per heavy atom. The number of hydrazine groups is 1. The van der Waals surface area contributed by atoms with Crippen molar-refractivity contribution < 1.29 is 0 Å². The molecule has 0 saturated heterocycles. The van der Waals surface area contributed by atoms with Crippen LogP contribution in [0.5, 0.6) is 0 Å². The molecule has 0 amide bonds. The lowest BCUT2D eigenvalue weighted by Gasteiger charge is -2.04. The second-order valence-corrected chi connectivity index (χ2v) is 4.62. The Bertz CT molecular complexity index is 479. The van der Waals surface area contributed by atoms with Crippen LogP contribution < -0.4 is 11.3 Å². The first-order chi connectivity index (χ1) is 7.79. The van der Waals surface area contributed by atoms with Crippen LogP contribution in [0.25, 0.3) is 0 Å². The number of nitrogens with zero attached hydrogens (tertiary/aromatic N) is 3. The number of anilines is 1. The maximum Gasteiger partial charge on any atom is 0.238 e. The minimum Gasteiger partial charge on any atom is -0.292 e. The van der Waals surface area contributed by atoms with E-state index < -0.39 is 0 Å². The highest BCUT2D eigenvalue weighted by atomic mass is 79.9. The summed E-state index contributed by atoms with van der Waals surface area (Å²) in [5, 5.41) is 1.63. The first-order valence-corrected chi connectivity index (χ1v) is 5.98. The van der Waals surface area contributed by atoms with Gasteiger partial charge in [0.05, 0.1) is 4.47 Å². The van der Waals surface area contributed by atoms with Crippen LogP contribution in [-0.4, -0.2) is 15.0 Å². The number of nitrogen functional groups attached to an aromatic ring is 1. The first kappa shape index (κ1) is 11.3. The average molecular weight is 298 g/mol. The van der Waals surface area contributed by atoms with Gasteiger partial charge in [-0.15, -0.1) is 0 Å². The highest BCUT2D eigenvalue weighted by Crippen LogP contribution is 2.30. The summed E-state index contributed by atoms with van der Waals surface area (Å²) in [5.41, 5.74) is 2.40. The van der Waals surface area contributed by atoms with E-state index >= 15 is 0 Å². The summed E-state index contributed by atoms with van der Waals surface area (Å²) in [6.45, 7) is 0. The van der Waals surface area contributed by atoms with Crippen molar-refractivity contribution in [3.8, 4) is 0 Å². The van der Waals surface area contributed by atoms with Crippen molar-refractivity contribution in [1.29, 1.82) is 0 Å². The molecule has 2 aromatic rings. The maximum atomic E-state index is 5.25. The van der Waals surface area contributed by atoms with Crippen LogP contribution in [0, 0.1) is 0 Å². The lowest BCUT2D eigenvalue weighted by molar-refractivity contribution is 1.00. The molecule has 2 aromatic heterocycles. The fraction of sp³-hybridized carbons (Fsp3) is 0. The van der Waals surface area contributed by atoms with E-state index in [1.54, 1.807) is 12.4 Å². The number of hydrogen-bond donors (Lipinski definition) is 2. The molecule has 5 nitrogen and oxygen atoms in total. The Morgan fingerprint density at radius 3 is 2.88 bits per heavy atom. The van der Waals surface area contributed by atoms with E-state index in [-0.39, 0.29) is 0 Å². The number of nitrogens with one attached hydrogen (secondary N) is 1. The summed E-state index contributed by atoms with van der Waals surface area (Å²) in [7, 11) is 0. The molecule has 3 N–H and O–H groups in total. The SMILES string of the molecule is NNc1ncc(Br)c(Sc2ccccn2)n1. The third kappa shape index (κ3) is 2.69. The van der Waals surface area contributed by atoms with Gasteiger partial charge in [-0.3, -0.25) is 5.43 Å². The first-order valence-electron chi connectivity index (χ1n) is 4.37. The van der Waals surface area contributed by atoms with Crippen molar-refractivity contribution in [3.05, 3.63) is 35.1 Å². The van der Waals surface area contributed by atoms with Crippen LogP contribution in [0.15, 0.2) is 45.1 Å². The van der Waals surface area contributed by atoms with Crippen LogP contribution in [0.4, 0.5) is 5.95 Å². The second-order valence-electron chi connectivity index (χ2n) is 2.76. The van der Waals surface area contributed by atoms with E-state index in [0.29, 0.717) is 5.95 Å². The predicted octanol–water partition coefficient (Wildman–Crippen LogP) is 2.07. The molecule has 0 fully saturated rings. The summed E-state index contributed by atoms with van der Waals surface area (Å²) >= 11 is 4.81. The summed E-state index contributed by atoms with van der Waals surface area (Å²) < 4.78 is 0.808. The summed E-state index contributed by atoms with van der Waals surface area (Å²) in [4.78, 5) is 12.4. The zero-order chi connectivity index (χ0) is 11.4. The summed E-state index contributed by atoms with van der Waals surface area (Å²) in [6.07, 6.45) is 3.38. The van der Waals surface area contributed by atoms with Crippen LogP contribution in [-0.2, 0) is 0 Å². The minimum absolute atomic E-state index is 0.377. The molecule has 0 spiro atoms. The van der Waals surface area contributed by atoms with E-state index in [9.17, 15) is 0 Å². The molecule has 82 valence electrons. The number of rotatable bonds is 3. The van der Waals surface area contributed by atoms with Gasteiger partial charge in [-0.1, -0.05) is 6.07 Å². The van der Waals surface area contributed by atoms with Crippen LogP contribution in [0.3, 0.4) is 0 Å². The highest BCUT2D eigenvalue weighted by molar-refractivity contribution is 9.10. The van der Waals surface area contributed by atoms with Crippen molar-refractivity contribution >= 4 is 33.6 Å². The molecule has 16 heavy (non-hydrogen) atoms. The molecular weight excluding hydrogens is 290 g/mol. The summed E-state index contributed by atoms with van der Waals surface area (Å²) in [5.74, 6) is 5.62. The molecular formula is C9H8BrN5S. The minimum atomic E-state index is 0.377. The van der Waals surface area contributed by atoms with E-state index in [0.717, 1.165) is 14.5 Å². The van der Waals surface area contributed by atoms with Crippen molar-refractivity contribution in [3.63, 3.8) is 0 Å². The van der Waals surface area contributed by atoms with E-state index in [1.807, 2.05) is 18.2 Å². The van der Waals surface area contributed by atoms with Gasteiger partial charge in [0.15, 0.2) is 0 Å². The molecule has 0 aliphatic heterocycles. The Balaban J connectivity index is 2.27. The lowest BCUT2D eigenvalue weighted by Crippen LogP contribution is -2.10. The van der Waals surface area contributed by atoms with E-state index in [2.05, 4.69) is 36.3 Å². The molecule has 2 heterocycles. The number of halogens is 1. The second kappa shape index (κ2) is 5.24. The average Bonchev–Trinajstić information content (AvgIpc) is 2.33. The Kier molecular flexibility index (Phi) is 3.70. The zero-order valence-electron chi connectivity index (χ0n) is 8.09. The van der Waals surface area contributed by atoms with Crippen LogP contribution >= 0.6 is 27.7 Å². The molecule has 0 atom stereocenters. The standard InChI is InChI=1S/C9H8BrN5S/c10-6-5-13-9(15-11)14-8(6)16-7-3-1-2-4-12-7/h1-5H,11H2,(H,13,14,15). The predicted molar refractivity (Wildman–Crippen MR) is 65.9 cm³/mol. The van der Waals surface area contributed by atoms with Crippen molar-refractivity contribution in [2.24, 2.45) is 5.84 Å². The molecule has 0 saturated carbocycles. The van der Waals surface area contributed by atoms with Gasteiger partial charge in [0, 0.05) is 12.4 Å². The molecule has 7 heteroatoms. The number of pyridine rings is 1. The molecule has 0 aliphatic carbocycles. The molecule has 0 aromatic carbocycles. The van der Waals surface area contributed by atoms with Crippen LogP contribution in [0.1, 0.15) is 0 Å². The highest BCUT2D eigenvalue weighted by Gasteiger charge is 2.06. The zero-order valence-corrected chi connectivity index (χ0v) is 10.5. The van der Waals surface area contributed by atoms with E-state index in [1.165, 1.54) is 11.8 Å². The molecule has 0 bridgehead atoms. The van der Waals surface area contributed by atoms with Gasteiger partial charge in [0.25, 0.3) is 0 Å². The largest absolute Gasteiger partial charge is 0.292 e. The lowest BCUT2D eigenvalue weighted by atomic mass is 10.5. The maximum absolute atomic E-state index is 5.25. The number of hydrogen-bond acceptors (Lipinski definition) is 6. The van der Waals surface area contributed by atoms with Crippen molar-refractivity contribution in [2.45, 2.75) is 10.1 Å². The van der Waals surface area contributed by atoms with Gasteiger partial charge in [-0.25, -0.2) is 20.8 Å². The topological polar surface area (TPSA) is 76.7 Å². The Morgan fingerprint density at radius 2 is 2.19 bits per heavy atom. The van der Waals surface area contributed by atoms with Gasteiger partial charge >= 0.3 is 0 Å². The molecule has 2 rings (SSSR count). The number of nitrogens with two attached hydrogens (primary N) is 1. The summed E-state index contributed by atoms with van der Waals surface area (Å²) in [6, 6.07) is 5.70. The van der Waals surface area contributed by atoms with Gasteiger partial charge in [-0.05, 0) is 39.8 Å². The normalized spacial score (nSPS) is 10.1. The van der Waals surface area contributed by atoms with Gasteiger partial charge < -0.3 is 0 Å². The molecule has 0 aliphatic rings. The monoisotopic (exact) mass is 297 g/mol. The number of aromatic nitrogens is 3.